The zero-order valence-corrected chi connectivity index (χ0v) is 17.5. The first-order valence-electron chi connectivity index (χ1n) is 10.5. The fourth-order valence-corrected chi connectivity index (χ4v) is 3.80. The summed E-state index contributed by atoms with van der Waals surface area (Å²) in [5.41, 5.74) is 0.985. The monoisotopic (exact) mass is 441 g/mol. The predicted octanol–water partition coefficient (Wildman–Crippen LogP) is 3.62. The second-order valence-corrected chi connectivity index (χ2v) is 7.55. The van der Waals surface area contributed by atoms with Crippen molar-refractivity contribution in [2.45, 2.75) is 6.04 Å². The largest absolute Gasteiger partial charge is 0.481 e. The molecule has 8 heteroatoms. The minimum absolute atomic E-state index is 0.0437. The van der Waals surface area contributed by atoms with Crippen LogP contribution in [0.25, 0.3) is 0 Å². The number of para-hydroxylation sites is 1. The Labute approximate surface area is 185 Å². The van der Waals surface area contributed by atoms with Gasteiger partial charge in [-0.05, 0) is 48.5 Å². The van der Waals surface area contributed by atoms with Crippen LogP contribution in [-0.2, 0) is 4.79 Å². The summed E-state index contributed by atoms with van der Waals surface area (Å²) in [6.07, 6.45) is 1.61. The van der Waals surface area contributed by atoms with Crippen LogP contribution < -0.4 is 15.0 Å². The maximum atomic E-state index is 13.7. The van der Waals surface area contributed by atoms with Crippen molar-refractivity contribution in [3.05, 3.63) is 84.3 Å². The number of nitrogens with one attached hydrogen (secondary N) is 1. The number of furan rings is 1. The van der Waals surface area contributed by atoms with E-state index < -0.39 is 5.82 Å². The smallest absolute Gasteiger partial charge is 0.258 e. The summed E-state index contributed by atoms with van der Waals surface area (Å²) in [5.74, 6) is -0.291. The van der Waals surface area contributed by atoms with Gasteiger partial charge in [0, 0.05) is 38.4 Å². The minimum atomic E-state index is -0.507. The maximum Gasteiger partial charge on any atom is 0.258 e. The fraction of sp³-hybridized carbons (Fsp3) is 0.292. The van der Waals surface area contributed by atoms with E-state index in [1.54, 1.807) is 30.5 Å². The van der Waals surface area contributed by atoms with Gasteiger partial charge in [0.25, 0.3) is 5.91 Å². The number of piperazine rings is 1. The van der Waals surface area contributed by atoms with E-state index in [4.69, 9.17) is 9.15 Å². The third-order valence-corrected chi connectivity index (χ3v) is 5.51. The molecule has 0 radical (unpaired) electrons. The zero-order valence-electron chi connectivity index (χ0n) is 17.5. The van der Waals surface area contributed by atoms with Crippen LogP contribution in [-0.4, -0.2) is 50.1 Å². The number of hydrogen-bond acceptors (Lipinski definition) is 5. The molecule has 0 spiro atoms. The molecule has 4 rings (SSSR count). The summed E-state index contributed by atoms with van der Waals surface area (Å²) >= 11 is 0. The molecule has 1 aromatic heterocycles. The third kappa shape index (κ3) is 5.45. The molecule has 0 aliphatic carbocycles. The van der Waals surface area contributed by atoms with Gasteiger partial charge in [-0.3, -0.25) is 9.69 Å². The molecule has 2 heterocycles. The van der Waals surface area contributed by atoms with Crippen molar-refractivity contribution in [3.8, 4) is 5.75 Å². The fourth-order valence-electron chi connectivity index (χ4n) is 3.80. The Hall–Kier alpha value is -3.39. The van der Waals surface area contributed by atoms with Gasteiger partial charge in [0.2, 0.25) is 0 Å². The maximum absolute atomic E-state index is 13.7. The topological polar surface area (TPSA) is 58.0 Å². The van der Waals surface area contributed by atoms with Crippen molar-refractivity contribution in [1.29, 1.82) is 0 Å². The van der Waals surface area contributed by atoms with Gasteiger partial charge in [0.1, 0.15) is 11.6 Å². The summed E-state index contributed by atoms with van der Waals surface area (Å²) < 4.78 is 37.8. The normalized spacial score (nSPS) is 15.4. The summed E-state index contributed by atoms with van der Waals surface area (Å²) in [5, 5.41) is 2.86. The number of anilines is 1. The van der Waals surface area contributed by atoms with Crippen molar-refractivity contribution in [2.75, 3.05) is 44.2 Å². The SMILES string of the molecule is O=C(COc1ccccc1F)NCC(c1ccco1)N1CCN(c2ccc(F)cc2)CC1. The van der Waals surface area contributed by atoms with Crippen molar-refractivity contribution in [2.24, 2.45) is 0 Å². The molecule has 3 aromatic rings. The van der Waals surface area contributed by atoms with Crippen LogP contribution >= 0.6 is 0 Å². The third-order valence-electron chi connectivity index (χ3n) is 5.51. The van der Waals surface area contributed by atoms with Gasteiger partial charge in [-0.1, -0.05) is 12.1 Å². The standard InChI is InChI=1S/C24H25F2N3O3/c25-18-7-9-19(10-8-18)28-11-13-29(14-12-28)21(23-6-3-15-31-23)16-27-24(30)17-32-22-5-2-1-4-20(22)26/h1-10,15,21H,11-14,16-17H2,(H,27,30). The van der Waals surface area contributed by atoms with Gasteiger partial charge >= 0.3 is 0 Å². The van der Waals surface area contributed by atoms with Crippen LogP contribution in [0.15, 0.2) is 71.3 Å². The molecular weight excluding hydrogens is 416 g/mol. The Bertz CT molecular complexity index is 1000. The molecule has 1 saturated heterocycles. The number of nitrogens with zero attached hydrogens (tertiary/aromatic N) is 2. The molecule has 1 aliphatic heterocycles. The highest BCUT2D eigenvalue weighted by atomic mass is 19.1. The average Bonchev–Trinajstić information content (AvgIpc) is 3.34. The van der Waals surface area contributed by atoms with E-state index in [1.165, 1.54) is 24.3 Å². The Morgan fingerprint density at radius 2 is 1.75 bits per heavy atom. The van der Waals surface area contributed by atoms with Crippen molar-refractivity contribution < 1.29 is 22.7 Å². The zero-order chi connectivity index (χ0) is 22.3. The highest BCUT2D eigenvalue weighted by molar-refractivity contribution is 5.77. The predicted molar refractivity (Wildman–Crippen MR) is 117 cm³/mol. The van der Waals surface area contributed by atoms with Gasteiger partial charge in [0.15, 0.2) is 18.2 Å². The highest BCUT2D eigenvalue weighted by Gasteiger charge is 2.27. The second kappa shape index (κ2) is 10.3. The molecule has 1 atom stereocenters. The number of ether oxygens (including phenoxy) is 1. The van der Waals surface area contributed by atoms with Gasteiger partial charge in [0.05, 0.1) is 12.3 Å². The Morgan fingerprint density at radius 1 is 1.00 bits per heavy atom. The molecule has 0 saturated carbocycles. The van der Waals surface area contributed by atoms with E-state index in [1.807, 2.05) is 12.1 Å². The molecule has 1 fully saturated rings. The lowest BCUT2D eigenvalue weighted by molar-refractivity contribution is -0.123. The van der Waals surface area contributed by atoms with Gasteiger partial charge in [-0.25, -0.2) is 8.78 Å². The molecule has 1 amide bonds. The number of benzene rings is 2. The lowest BCUT2D eigenvalue weighted by atomic mass is 10.1. The first-order valence-corrected chi connectivity index (χ1v) is 10.5. The van der Waals surface area contributed by atoms with E-state index in [0.29, 0.717) is 6.54 Å². The minimum Gasteiger partial charge on any atom is -0.481 e. The van der Waals surface area contributed by atoms with E-state index in [2.05, 4.69) is 15.1 Å². The molecule has 1 unspecified atom stereocenters. The quantitative estimate of drug-likeness (QED) is 0.579. The first-order chi connectivity index (χ1) is 15.6. The molecule has 0 bridgehead atoms. The van der Waals surface area contributed by atoms with Crippen LogP contribution in [0.3, 0.4) is 0 Å². The molecule has 32 heavy (non-hydrogen) atoms. The highest BCUT2D eigenvalue weighted by Crippen LogP contribution is 2.24. The Kier molecular flexibility index (Phi) is 7.01. The molecule has 168 valence electrons. The van der Waals surface area contributed by atoms with E-state index in [9.17, 15) is 13.6 Å². The molecule has 1 aliphatic rings. The summed E-state index contributed by atoms with van der Waals surface area (Å²) in [6.45, 7) is 3.11. The van der Waals surface area contributed by atoms with Crippen LogP contribution in [0.2, 0.25) is 0 Å². The number of carbonyl (C=O) groups excluding carboxylic acids is 1. The van der Waals surface area contributed by atoms with Crippen LogP contribution in [0.4, 0.5) is 14.5 Å². The number of carbonyl (C=O) groups is 1. The summed E-state index contributed by atoms with van der Waals surface area (Å²) in [7, 11) is 0. The summed E-state index contributed by atoms with van der Waals surface area (Å²) in [4.78, 5) is 16.8. The van der Waals surface area contributed by atoms with Crippen molar-refractivity contribution in [3.63, 3.8) is 0 Å². The van der Waals surface area contributed by atoms with Crippen LogP contribution in [0, 0.1) is 11.6 Å². The van der Waals surface area contributed by atoms with Gasteiger partial charge in [-0.2, -0.15) is 0 Å². The first kappa shape index (κ1) is 21.8. The Balaban J connectivity index is 1.32. The molecule has 1 N–H and O–H groups in total. The van der Waals surface area contributed by atoms with E-state index in [-0.39, 0.29) is 30.1 Å². The lowest BCUT2D eigenvalue weighted by Gasteiger charge is -2.39. The van der Waals surface area contributed by atoms with Gasteiger partial charge in [-0.15, -0.1) is 0 Å². The van der Waals surface area contributed by atoms with Crippen LogP contribution in [0.5, 0.6) is 5.75 Å². The number of halogens is 2. The van der Waals surface area contributed by atoms with E-state index in [0.717, 1.165) is 37.6 Å². The van der Waals surface area contributed by atoms with Crippen molar-refractivity contribution >= 4 is 11.6 Å². The lowest BCUT2D eigenvalue weighted by Crippen LogP contribution is -2.50. The molecular formula is C24H25F2N3O3. The number of amides is 1. The average molecular weight is 441 g/mol. The van der Waals surface area contributed by atoms with Gasteiger partial charge < -0.3 is 19.4 Å². The summed E-state index contributed by atoms with van der Waals surface area (Å²) in [6, 6.07) is 16.0. The van der Waals surface area contributed by atoms with Crippen molar-refractivity contribution in [1.82, 2.24) is 10.2 Å². The van der Waals surface area contributed by atoms with Crippen LogP contribution in [0.1, 0.15) is 11.8 Å². The number of hydrogen-bond donors (Lipinski definition) is 1. The Morgan fingerprint density at radius 3 is 2.44 bits per heavy atom. The molecule has 6 nitrogen and oxygen atoms in total. The molecule has 2 aromatic carbocycles. The van der Waals surface area contributed by atoms with E-state index >= 15 is 0 Å². The number of rotatable bonds is 8. The second-order valence-electron chi connectivity index (χ2n) is 7.55.